The van der Waals surface area contributed by atoms with Gasteiger partial charge < -0.3 is 14.2 Å². The van der Waals surface area contributed by atoms with E-state index in [9.17, 15) is 19.2 Å². The molecule has 1 saturated heterocycles. The van der Waals surface area contributed by atoms with Crippen molar-refractivity contribution >= 4 is 23.9 Å². The second-order valence-electron chi connectivity index (χ2n) is 5.58. The minimum Gasteiger partial charge on any atom is -0.468 e. The average molecular weight is 325 g/mol. The highest BCUT2D eigenvalue weighted by Gasteiger charge is 2.59. The third-order valence-corrected chi connectivity index (χ3v) is 4.47. The molecule has 0 spiro atoms. The number of carbonyl (C=O) groups is 4. The Balaban J connectivity index is 2.32. The molecule has 8 heteroatoms. The molecule has 2 rings (SSSR count). The fourth-order valence-electron chi connectivity index (χ4n) is 3.27. The van der Waals surface area contributed by atoms with Crippen LogP contribution in [0.1, 0.15) is 12.8 Å². The zero-order valence-corrected chi connectivity index (χ0v) is 13.1. The Morgan fingerprint density at radius 2 is 1.87 bits per heavy atom. The lowest BCUT2D eigenvalue weighted by atomic mass is 9.85. The summed E-state index contributed by atoms with van der Waals surface area (Å²) in [5.74, 6) is -3.18. The van der Waals surface area contributed by atoms with Crippen molar-refractivity contribution in [1.29, 1.82) is 0 Å². The van der Waals surface area contributed by atoms with Crippen LogP contribution in [0.15, 0.2) is 12.7 Å². The molecule has 1 saturated carbocycles. The molecule has 2 aliphatic rings. The monoisotopic (exact) mass is 325 g/mol. The Hall–Kier alpha value is -2.38. The summed E-state index contributed by atoms with van der Waals surface area (Å²) in [5, 5.41) is 0. The molecule has 1 aliphatic carbocycles. The molecule has 1 aliphatic heterocycles. The third-order valence-electron chi connectivity index (χ3n) is 4.47. The fraction of sp³-hybridized carbons (Fsp3) is 0.600. The average Bonchev–Trinajstić information content (AvgIpc) is 3.17. The van der Waals surface area contributed by atoms with E-state index < -0.39 is 41.2 Å². The lowest BCUT2D eigenvalue weighted by Crippen LogP contribution is -2.41. The van der Waals surface area contributed by atoms with Crippen molar-refractivity contribution in [2.45, 2.75) is 12.8 Å². The number of esters is 2. The van der Waals surface area contributed by atoms with Crippen LogP contribution >= 0.6 is 0 Å². The van der Waals surface area contributed by atoms with E-state index in [0.29, 0.717) is 0 Å². The van der Waals surface area contributed by atoms with Gasteiger partial charge in [0.2, 0.25) is 5.91 Å². The number of amides is 2. The van der Waals surface area contributed by atoms with Crippen LogP contribution in [-0.2, 0) is 28.6 Å². The van der Waals surface area contributed by atoms with Gasteiger partial charge in [0.1, 0.15) is 6.61 Å². The lowest BCUT2D eigenvalue weighted by Gasteiger charge is -2.23. The minimum atomic E-state index is -1.56. The first kappa shape index (κ1) is 17.0. The van der Waals surface area contributed by atoms with Crippen molar-refractivity contribution in [3.05, 3.63) is 12.7 Å². The highest BCUT2D eigenvalue weighted by atomic mass is 16.6. The van der Waals surface area contributed by atoms with Crippen molar-refractivity contribution in [2.75, 3.05) is 27.4 Å². The van der Waals surface area contributed by atoms with Gasteiger partial charge >= 0.3 is 18.0 Å². The van der Waals surface area contributed by atoms with Gasteiger partial charge in [0.25, 0.3) is 0 Å². The largest absolute Gasteiger partial charge is 0.468 e. The maximum atomic E-state index is 12.6. The van der Waals surface area contributed by atoms with E-state index in [4.69, 9.17) is 14.2 Å². The van der Waals surface area contributed by atoms with Crippen LogP contribution in [0.2, 0.25) is 0 Å². The van der Waals surface area contributed by atoms with Crippen LogP contribution < -0.4 is 0 Å². The van der Waals surface area contributed by atoms with E-state index in [0.717, 1.165) is 4.90 Å². The van der Waals surface area contributed by atoms with Gasteiger partial charge in [0.05, 0.1) is 20.8 Å². The number of nitrogens with zero attached hydrogens (tertiary/aromatic N) is 1. The molecular weight excluding hydrogens is 306 g/mol. The number of imide groups is 1. The molecule has 0 bridgehead atoms. The van der Waals surface area contributed by atoms with E-state index in [1.807, 2.05) is 0 Å². The van der Waals surface area contributed by atoms with Crippen LogP contribution in [0.3, 0.4) is 0 Å². The molecule has 1 heterocycles. The summed E-state index contributed by atoms with van der Waals surface area (Å²) in [5.41, 5.74) is -1.56. The molecule has 8 nitrogen and oxygen atoms in total. The predicted molar refractivity (Wildman–Crippen MR) is 75.9 cm³/mol. The van der Waals surface area contributed by atoms with Crippen LogP contribution in [-0.4, -0.2) is 56.2 Å². The lowest BCUT2D eigenvalue weighted by molar-refractivity contribution is -0.169. The third kappa shape index (κ3) is 2.69. The number of carbonyl (C=O) groups excluding carboxylic acids is 4. The Labute approximate surface area is 133 Å². The SMILES string of the molecule is C=C[C@@H]1CC(C(=O)OC)(C(=O)OC)C[C@H]1C(=O)N1CCOC1=O. The second-order valence-corrected chi connectivity index (χ2v) is 5.58. The molecule has 2 fully saturated rings. The first-order chi connectivity index (χ1) is 10.9. The van der Waals surface area contributed by atoms with Crippen LogP contribution in [0, 0.1) is 17.3 Å². The zero-order valence-electron chi connectivity index (χ0n) is 13.1. The minimum absolute atomic E-state index is 0.0507. The van der Waals surface area contributed by atoms with Gasteiger partial charge in [-0.05, 0) is 18.8 Å². The van der Waals surface area contributed by atoms with Crippen LogP contribution in [0.5, 0.6) is 0 Å². The molecule has 23 heavy (non-hydrogen) atoms. The molecule has 0 radical (unpaired) electrons. The Morgan fingerprint density at radius 1 is 1.26 bits per heavy atom. The topological polar surface area (TPSA) is 99.2 Å². The van der Waals surface area contributed by atoms with Crippen molar-refractivity contribution < 1.29 is 33.4 Å². The summed E-state index contributed by atoms with van der Waals surface area (Å²) < 4.78 is 14.2. The fourth-order valence-corrected chi connectivity index (χ4v) is 3.27. The maximum absolute atomic E-state index is 12.6. The number of hydrogen-bond donors (Lipinski definition) is 0. The smallest absolute Gasteiger partial charge is 0.416 e. The molecule has 0 N–H and O–H groups in total. The van der Waals surface area contributed by atoms with Crippen LogP contribution in [0.4, 0.5) is 4.79 Å². The van der Waals surface area contributed by atoms with E-state index in [-0.39, 0.29) is 26.0 Å². The predicted octanol–water partition coefficient (Wildman–Crippen LogP) is 0.510. The number of methoxy groups -OCH3 is 2. The van der Waals surface area contributed by atoms with Crippen molar-refractivity contribution in [3.8, 4) is 0 Å². The summed E-state index contributed by atoms with van der Waals surface area (Å²) in [7, 11) is 2.34. The number of allylic oxidation sites excluding steroid dienone is 1. The maximum Gasteiger partial charge on any atom is 0.416 e. The van der Waals surface area contributed by atoms with E-state index >= 15 is 0 Å². The number of rotatable bonds is 4. The first-order valence-corrected chi connectivity index (χ1v) is 7.18. The van der Waals surface area contributed by atoms with Crippen LogP contribution in [0.25, 0.3) is 0 Å². The molecule has 0 aromatic rings. The van der Waals surface area contributed by atoms with Crippen molar-refractivity contribution in [3.63, 3.8) is 0 Å². The molecule has 0 aromatic carbocycles. The van der Waals surface area contributed by atoms with E-state index in [2.05, 4.69) is 6.58 Å². The van der Waals surface area contributed by atoms with Gasteiger partial charge in [0.15, 0.2) is 5.41 Å². The summed E-state index contributed by atoms with van der Waals surface area (Å²) >= 11 is 0. The molecule has 0 aromatic heterocycles. The molecule has 126 valence electrons. The number of hydrogen-bond acceptors (Lipinski definition) is 7. The van der Waals surface area contributed by atoms with Gasteiger partial charge in [-0.1, -0.05) is 6.08 Å². The van der Waals surface area contributed by atoms with E-state index in [1.165, 1.54) is 20.3 Å². The van der Waals surface area contributed by atoms with Crippen molar-refractivity contribution in [1.82, 2.24) is 4.90 Å². The Morgan fingerprint density at radius 3 is 2.30 bits per heavy atom. The normalized spacial score (nSPS) is 25.7. The summed E-state index contributed by atoms with van der Waals surface area (Å²) in [6.45, 7) is 3.95. The van der Waals surface area contributed by atoms with Gasteiger partial charge in [-0.2, -0.15) is 0 Å². The quantitative estimate of drug-likeness (QED) is 0.321. The summed E-state index contributed by atoms with van der Waals surface area (Å²) in [6, 6.07) is 0. The number of cyclic esters (lactones) is 1. The van der Waals surface area contributed by atoms with E-state index in [1.54, 1.807) is 0 Å². The highest BCUT2D eigenvalue weighted by Crippen LogP contribution is 2.48. The summed E-state index contributed by atoms with van der Waals surface area (Å²) in [4.78, 5) is 49.5. The van der Waals surface area contributed by atoms with Gasteiger partial charge in [-0.3, -0.25) is 14.4 Å². The molecule has 2 amide bonds. The summed E-state index contributed by atoms with van der Waals surface area (Å²) in [6.07, 6.45) is 0.754. The Bertz CT molecular complexity index is 540. The zero-order chi connectivity index (χ0) is 17.2. The Kier molecular flexibility index (Phi) is 4.72. The molecule has 0 unspecified atom stereocenters. The number of ether oxygens (including phenoxy) is 3. The second kappa shape index (κ2) is 6.39. The van der Waals surface area contributed by atoms with Gasteiger partial charge in [0, 0.05) is 5.92 Å². The molecule has 2 atom stereocenters. The molecular formula is C15H19NO7. The standard InChI is InChI=1S/C15H19NO7/c1-4-9-7-15(12(18)21-2,13(19)22-3)8-10(9)11(17)16-5-6-23-14(16)20/h4,9-10H,1,5-8H2,2-3H3/t9-,10-/m1/s1. The van der Waals surface area contributed by atoms with Crippen molar-refractivity contribution in [2.24, 2.45) is 17.3 Å². The highest BCUT2D eigenvalue weighted by molar-refractivity contribution is 6.02. The first-order valence-electron chi connectivity index (χ1n) is 7.18. The van der Waals surface area contributed by atoms with Gasteiger partial charge in [-0.15, -0.1) is 6.58 Å². The van der Waals surface area contributed by atoms with Gasteiger partial charge in [-0.25, -0.2) is 9.69 Å².